The number of methoxy groups -OCH3 is 1. The predicted molar refractivity (Wildman–Crippen MR) is 89.1 cm³/mol. The standard InChI is InChI=1S/C17H24N2O2/c1-6-10-19(11-7-2)15-12-14(8-9-16(15)21-5)18-17(20)13(3)4/h6-9,12-13H,1-2,10-11H2,3-5H3,(H,18,20). The largest absolute Gasteiger partial charge is 0.495 e. The van der Waals surface area contributed by atoms with Crippen molar-refractivity contribution in [2.45, 2.75) is 13.8 Å². The molecule has 1 N–H and O–H groups in total. The molecule has 0 aliphatic heterocycles. The lowest BCUT2D eigenvalue weighted by molar-refractivity contribution is -0.118. The Hall–Kier alpha value is -2.23. The minimum Gasteiger partial charge on any atom is -0.495 e. The molecule has 0 heterocycles. The molecular weight excluding hydrogens is 264 g/mol. The zero-order valence-corrected chi connectivity index (χ0v) is 13.1. The number of carbonyl (C=O) groups is 1. The highest BCUT2D eigenvalue weighted by Crippen LogP contribution is 2.31. The molecule has 4 nitrogen and oxygen atoms in total. The number of nitrogens with zero attached hydrogens (tertiary/aromatic N) is 1. The Labute approximate surface area is 127 Å². The summed E-state index contributed by atoms with van der Waals surface area (Å²) in [5, 5.41) is 2.90. The van der Waals surface area contributed by atoms with E-state index in [-0.39, 0.29) is 11.8 Å². The fourth-order valence-electron chi connectivity index (χ4n) is 1.88. The second-order valence-corrected chi connectivity index (χ2v) is 5.01. The van der Waals surface area contributed by atoms with Crippen molar-refractivity contribution < 1.29 is 9.53 Å². The molecule has 0 saturated carbocycles. The van der Waals surface area contributed by atoms with Crippen molar-refractivity contribution in [1.82, 2.24) is 0 Å². The number of anilines is 2. The third kappa shape index (κ3) is 4.67. The average Bonchev–Trinajstić information content (AvgIpc) is 2.46. The maximum absolute atomic E-state index is 11.8. The van der Waals surface area contributed by atoms with Crippen LogP contribution in [-0.4, -0.2) is 26.1 Å². The minimum absolute atomic E-state index is 0.00916. The van der Waals surface area contributed by atoms with Crippen molar-refractivity contribution >= 4 is 17.3 Å². The molecule has 0 fully saturated rings. The van der Waals surface area contributed by atoms with E-state index in [4.69, 9.17) is 4.74 Å². The van der Waals surface area contributed by atoms with Gasteiger partial charge in [-0.25, -0.2) is 0 Å². The molecule has 0 unspecified atom stereocenters. The van der Waals surface area contributed by atoms with E-state index >= 15 is 0 Å². The Morgan fingerprint density at radius 1 is 1.33 bits per heavy atom. The van der Waals surface area contributed by atoms with E-state index < -0.39 is 0 Å². The third-order valence-corrected chi connectivity index (χ3v) is 3.01. The molecule has 0 bridgehead atoms. The van der Waals surface area contributed by atoms with Crippen molar-refractivity contribution in [2.75, 3.05) is 30.4 Å². The lowest BCUT2D eigenvalue weighted by Crippen LogP contribution is -2.24. The molecule has 114 valence electrons. The average molecular weight is 288 g/mol. The van der Waals surface area contributed by atoms with Crippen LogP contribution < -0.4 is 15.0 Å². The molecule has 0 aromatic heterocycles. The molecule has 0 spiro atoms. The van der Waals surface area contributed by atoms with E-state index in [1.807, 2.05) is 44.2 Å². The van der Waals surface area contributed by atoms with E-state index in [2.05, 4.69) is 23.4 Å². The number of nitrogens with one attached hydrogen (secondary N) is 1. The van der Waals surface area contributed by atoms with Crippen molar-refractivity contribution in [1.29, 1.82) is 0 Å². The maximum Gasteiger partial charge on any atom is 0.226 e. The summed E-state index contributed by atoms with van der Waals surface area (Å²) in [6, 6.07) is 5.60. The lowest BCUT2D eigenvalue weighted by atomic mass is 10.2. The predicted octanol–water partition coefficient (Wildman–Crippen LogP) is 3.47. The molecule has 0 radical (unpaired) electrons. The maximum atomic E-state index is 11.8. The van der Waals surface area contributed by atoms with Gasteiger partial charge in [0.2, 0.25) is 5.91 Å². The van der Waals surface area contributed by atoms with Crippen LogP contribution in [0.4, 0.5) is 11.4 Å². The monoisotopic (exact) mass is 288 g/mol. The molecule has 0 aliphatic carbocycles. The number of hydrogen-bond donors (Lipinski definition) is 1. The van der Waals surface area contributed by atoms with Crippen LogP contribution >= 0.6 is 0 Å². The Kier molecular flexibility index (Phi) is 6.53. The second-order valence-electron chi connectivity index (χ2n) is 5.01. The smallest absolute Gasteiger partial charge is 0.226 e. The third-order valence-electron chi connectivity index (χ3n) is 3.01. The Morgan fingerprint density at radius 2 is 1.95 bits per heavy atom. The van der Waals surface area contributed by atoms with Crippen LogP contribution in [0.1, 0.15) is 13.8 Å². The number of rotatable bonds is 8. The molecule has 0 saturated heterocycles. The van der Waals surface area contributed by atoms with E-state index in [1.54, 1.807) is 7.11 Å². The van der Waals surface area contributed by atoms with E-state index in [0.717, 1.165) is 17.1 Å². The summed E-state index contributed by atoms with van der Waals surface area (Å²) >= 11 is 0. The lowest BCUT2D eigenvalue weighted by Gasteiger charge is -2.24. The van der Waals surface area contributed by atoms with Crippen molar-refractivity contribution in [3.05, 3.63) is 43.5 Å². The zero-order valence-electron chi connectivity index (χ0n) is 13.1. The Bertz CT molecular complexity index is 500. The van der Waals surface area contributed by atoms with Crippen LogP contribution in [0.2, 0.25) is 0 Å². The Balaban J connectivity index is 3.11. The molecule has 4 heteroatoms. The topological polar surface area (TPSA) is 41.6 Å². The first kappa shape index (κ1) is 16.8. The first-order valence-electron chi connectivity index (χ1n) is 6.99. The zero-order chi connectivity index (χ0) is 15.8. The first-order valence-corrected chi connectivity index (χ1v) is 6.99. The normalized spacial score (nSPS) is 10.1. The SMILES string of the molecule is C=CCN(CC=C)c1cc(NC(=O)C(C)C)ccc1OC. The highest BCUT2D eigenvalue weighted by molar-refractivity contribution is 5.92. The highest BCUT2D eigenvalue weighted by atomic mass is 16.5. The van der Waals surface area contributed by atoms with Gasteiger partial charge >= 0.3 is 0 Å². The summed E-state index contributed by atoms with van der Waals surface area (Å²) in [6.07, 6.45) is 3.64. The quantitative estimate of drug-likeness (QED) is 0.745. The van der Waals surface area contributed by atoms with Gasteiger partial charge in [-0.2, -0.15) is 0 Å². The summed E-state index contributed by atoms with van der Waals surface area (Å²) in [4.78, 5) is 13.9. The van der Waals surface area contributed by atoms with Crippen molar-refractivity contribution in [3.8, 4) is 5.75 Å². The number of hydrogen-bond acceptors (Lipinski definition) is 3. The highest BCUT2D eigenvalue weighted by Gasteiger charge is 2.13. The van der Waals surface area contributed by atoms with Gasteiger partial charge < -0.3 is 15.0 Å². The first-order chi connectivity index (χ1) is 10.0. The molecular formula is C17H24N2O2. The van der Waals surface area contributed by atoms with Crippen LogP contribution in [0.3, 0.4) is 0 Å². The molecule has 1 amide bonds. The summed E-state index contributed by atoms with van der Waals surface area (Å²) in [7, 11) is 1.63. The Morgan fingerprint density at radius 3 is 2.43 bits per heavy atom. The molecule has 0 atom stereocenters. The molecule has 1 aromatic rings. The summed E-state index contributed by atoms with van der Waals surface area (Å²) in [5.41, 5.74) is 1.65. The van der Waals surface area contributed by atoms with Gasteiger partial charge in [-0.15, -0.1) is 13.2 Å². The number of carbonyl (C=O) groups excluding carboxylic acids is 1. The van der Waals surface area contributed by atoms with E-state index in [1.165, 1.54) is 0 Å². The fourth-order valence-corrected chi connectivity index (χ4v) is 1.88. The van der Waals surface area contributed by atoms with Crippen LogP contribution in [-0.2, 0) is 4.79 Å². The van der Waals surface area contributed by atoms with Gasteiger partial charge in [0.15, 0.2) is 0 Å². The molecule has 1 aromatic carbocycles. The minimum atomic E-state index is -0.0620. The van der Waals surface area contributed by atoms with Crippen LogP contribution in [0.15, 0.2) is 43.5 Å². The summed E-state index contributed by atoms with van der Waals surface area (Å²) < 4.78 is 5.40. The van der Waals surface area contributed by atoms with Gasteiger partial charge in [-0.1, -0.05) is 26.0 Å². The van der Waals surface area contributed by atoms with E-state index in [9.17, 15) is 4.79 Å². The number of benzene rings is 1. The fraction of sp³-hybridized carbons (Fsp3) is 0.353. The number of ether oxygens (including phenoxy) is 1. The molecule has 21 heavy (non-hydrogen) atoms. The summed E-state index contributed by atoms with van der Waals surface area (Å²) in [5.74, 6) is 0.680. The van der Waals surface area contributed by atoms with Crippen molar-refractivity contribution in [3.63, 3.8) is 0 Å². The van der Waals surface area contributed by atoms with Gasteiger partial charge in [-0.3, -0.25) is 4.79 Å². The molecule has 1 rings (SSSR count). The van der Waals surface area contributed by atoms with E-state index in [0.29, 0.717) is 13.1 Å². The second kappa shape index (κ2) is 8.15. The van der Waals surface area contributed by atoms with Gasteiger partial charge in [0.05, 0.1) is 12.8 Å². The van der Waals surface area contributed by atoms with Crippen LogP contribution in [0.5, 0.6) is 5.75 Å². The van der Waals surface area contributed by atoms with Gasteiger partial charge in [0.1, 0.15) is 5.75 Å². The molecule has 0 aliphatic rings. The van der Waals surface area contributed by atoms with Crippen LogP contribution in [0.25, 0.3) is 0 Å². The van der Waals surface area contributed by atoms with Crippen molar-refractivity contribution in [2.24, 2.45) is 5.92 Å². The van der Waals surface area contributed by atoms with Crippen LogP contribution in [0, 0.1) is 5.92 Å². The number of amides is 1. The van der Waals surface area contributed by atoms with Gasteiger partial charge in [-0.05, 0) is 18.2 Å². The van der Waals surface area contributed by atoms with Gasteiger partial charge in [0.25, 0.3) is 0 Å². The van der Waals surface area contributed by atoms with Gasteiger partial charge in [0, 0.05) is 24.7 Å². The summed E-state index contributed by atoms with van der Waals surface area (Å²) in [6.45, 7) is 12.6.